The number of ether oxygens (including phenoxy) is 3. The summed E-state index contributed by atoms with van der Waals surface area (Å²) in [7, 11) is 1.56. The zero-order valence-electron chi connectivity index (χ0n) is 14.2. The van der Waals surface area contributed by atoms with Crippen LogP contribution in [0.3, 0.4) is 0 Å². The molecule has 2 aromatic rings. The second-order valence-electron chi connectivity index (χ2n) is 5.54. The maximum atomic E-state index is 8.74. The lowest BCUT2D eigenvalue weighted by molar-refractivity contribution is 0.211. The van der Waals surface area contributed by atoms with Gasteiger partial charge in [0.05, 0.1) is 13.3 Å². The molecule has 0 aromatic heterocycles. The fraction of sp³-hybridized carbons (Fsp3) is 0.316. The largest absolute Gasteiger partial charge is 0.493 e. The number of benzene rings is 2. The third-order valence-corrected chi connectivity index (χ3v) is 3.57. The van der Waals surface area contributed by atoms with E-state index in [1.807, 2.05) is 12.1 Å². The van der Waals surface area contributed by atoms with Gasteiger partial charge in [-0.15, -0.1) is 0 Å². The second kappa shape index (κ2) is 8.82. The van der Waals surface area contributed by atoms with Crippen molar-refractivity contribution < 1.29 is 19.4 Å². The van der Waals surface area contributed by atoms with Gasteiger partial charge in [0.15, 0.2) is 11.5 Å². The minimum Gasteiger partial charge on any atom is -0.493 e. The standard InChI is InChI=1S/C19H23NO4/c1-14(2)15-7-9-17(10-8-15)23-11-12-24-19-16(13-20-21)5-4-6-18(19)22-3/h4-10,13-14,21H,11-12H2,1-3H3. The van der Waals surface area contributed by atoms with Crippen LogP contribution in [0.5, 0.6) is 17.2 Å². The van der Waals surface area contributed by atoms with Gasteiger partial charge in [0, 0.05) is 5.56 Å². The molecule has 2 aromatic carbocycles. The van der Waals surface area contributed by atoms with Gasteiger partial charge in [-0.2, -0.15) is 0 Å². The van der Waals surface area contributed by atoms with Crippen molar-refractivity contribution in [2.24, 2.45) is 5.16 Å². The van der Waals surface area contributed by atoms with Crippen LogP contribution in [0, 0.1) is 0 Å². The van der Waals surface area contributed by atoms with Gasteiger partial charge in [-0.05, 0) is 35.7 Å². The van der Waals surface area contributed by atoms with Crippen LogP contribution in [-0.2, 0) is 0 Å². The molecule has 2 rings (SSSR count). The Hall–Kier alpha value is -2.69. The number of hydrogen-bond donors (Lipinski definition) is 1. The fourth-order valence-corrected chi connectivity index (χ4v) is 2.26. The van der Waals surface area contributed by atoms with E-state index in [9.17, 15) is 0 Å². The first kappa shape index (κ1) is 17.7. The number of para-hydroxylation sites is 1. The lowest BCUT2D eigenvalue weighted by Gasteiger charge is -2.13. The molecule has 0 amide bonds. The molecule has 24 heavy (non-hydrogen) atoms. The quantitative estimate of drug-likeness (QED) is 0.343. The molecule has 0 spiro atoms. The number of hydrogen-bond acceptors (Lipinski definition) is 5. The molecule has 5 nitrogen and oxygen atoms in total. The van der Waals surface area contributed by atoms with Crippen LogP contribution in [0.25, 0.3) is 0 Å². The van der Waals surface area contributed by atoms with Gasteiger partial charge in [-0.25, -0.2) is 0 Å². The normalized spacial score (nSPS) is 11.0. The number of oxime groups is 1. The minimum absolute atomic E-state index is 0.346. The van der Waals surface area contributed by atoms with Crippen molar-refractivity contribution in [3.63, 3.8) is 0 Å². The van der Waals surface area contributed by atoms with Crippen LogP contribution in [0.1, 0.15) is 30.9 Å². The van der Waals surface area contributed by atoms with Crippen LogP contribution in [-0.4, -0.2) is 31.7 Å². The van der Waals surface area contributed by atoms with Gasteiger partial charge in [-0.3, -0.25) is 0 Å². The number of rotatable bonds is 8. The molecular formula is C19H23NO4. The van der Waals surface area contributed by atoms with Crippen molar-refractivity contribution in [3.05, 3.63) is 53.6 Å². The van der Waals surface area contributed by atoms with Crippen LogP contribution in [0.15, 0.2) is 47.6 Å². The summed E-state index contributed by atoms with van der Waals surface area (Å²) in [6.45, 7) is 5.06. The summed E-state index contributed by atoms with van der Waals surface area (Å²) in [5, 5.41) is 11.8. The molecule has 5 heteroatoms. The molecule has 0 aliphatic carbocycles. The Morgan fingerprint density at radius 2 is 1.75 bits per heavy atom. The van der Waals surface area contributed by atoms with Gasteiger partial charge >= 0.3 is 0 Å². The van der Waals surface area contributed by atoms with E-state index in [1.165, 1.54) is 11.8 Å². The van der Waals surface area contributed by atoms with Crippen molar-refractivity contribution in [2.45, 2.75) is 19.8 Å². The second-order valence-corrected chi connectivity index (χ2v) is 5.54. The first-order valence-corrected chi connectivity index (χ1v) is 7.85. The highest BCUT2D eigenvalue weighted by atomic mass is 16.5. The Bertz CT molecular complexity index is 666. The molecule has 0 atom stereocenters. The molecule has 1 N–H and O–H groups in total. The summed E-state index contributed by atoms with van der Waals surface area (Å²) in [6.07, 6.45) is 1.31. The van der Waals surface area contributed by atoms with E-state index in [4.69, 9.17) is 19.4 Å². The molecule has 0 bridgehead atoms. The van der Waals surface area contributed by atoms with Crippen molar-refractivity contribution in [2.75, 3.05) is 20.3 Å². The topological polar surface area (TPSA) is 60.3 Å². The highest BCUT2D eigenvalue weighted by Gasteiger charge is 2.09. The molecule has 0 aliphatic heterocycles. The lowest BCUT2D eigenvalue weighted by Crippen LogP contribution is -2.10. The van der Waals surface area contributed by atoms with Crippen molar-refractivity contribution in [3.8, 4) is 17.2 Å². The molecular weight excluding hydrogens is 306 g/mol. The predicted octanol–water partition coefficient (Wildman–Crippen LogP) is 4.08. The molecule has 0 saturated heterocycles. The summed E-state index contributed by atoms with van der Waals surface area (Å²) in [5.74, 6) is 2.41. The number of methoxy groups -OCH3 is 1. The van der Waals surface area contributed by atoms with E-state index in [0.717, 1.165) is 5.75 Å². The molecule has 0 heterocycles. The van der Waals surface area contributed by atoms with Gasteiger partial charge in [-0.1, -0.05) is 37.2 Å². The smallest absolute Gasteiger partial charge is 0.170 e. The van der Waals surface area contributed by atoms with Crippen LogP contribution in [0.2, 0.25) is 0 Å². The minimum atomic E-state index is 0.346. The van der Waals surface area contributed by atoms with Crippen molar-refractivity contribution in [1.82, 2.24) is 0 Å². The Kier molecular flexibility index (Phi) is 6.49. The molecule has 0 saturated carbocycles. The Balaban J connectivity index is 1.92. The predicted molar refractivity (Wildman–Crippen MR) is 93.9 cm³/mol. The summed E-state index contributed by atoms with van der Waals surface area (Å²) < 4.78 is 16.7. The lowest BCUT2D eigenvalue weighted by atomic mass is 10.0. The third kappa shape index (κ3) is 4.65. The summed E-state index contributed by atoms with van der Waals surface area (Å²) in [5.41, 5.74) is 1.92. The molecule has 128 valence electrons. The van der Waals surface area contributed by atoms with E-state index in [0.29, 0.717) is 36.2 Å². The van der Waals surface area contributed by atoms with Gasteiger partial charge in [0.1, 0.15) is 19.0 Å². The summed E-state index contributed by atoms with van der Waals surface area (Å²) in [6, 6.07) is 13.4. The SMILES string of the molecule is COc1cccc(C=NO)c1OCCOc1ccc(C(C)C)cc1. The highest BCUT2D eigenvalue weighted by molar-refractivity contribution is 5.84. The van der Waals surface area contributed by atoms with Crippen LogP contribution < -0.4 is 14.2 Å². The van der Waals surface area contributed by atoms with Crippen LogP contribution >= 0.6 is 0 Å². The van der Waals surface area contributed by atoms with Gasteiger partial charge in [0.25, 0.3) is 0 Å². The average molecular weight is 329 g/mol. The molecule has 0 unspecified atom stereocenters. The van der Waals surface area contributed by atoms with Gasteiger partial charge < -0.3 is 19.4 Å². The van der Waals surface area contributed by atoms with Crippen molar-refractivity contribution >= 4 is 6.21 Å². The molecule has 0 aliphatic rings. The highest BCUT2D eigenvalue weighted by Crippen LogP contribution is 2.30. The number of nitrogens with zero attached hydrogens (tertiary/aromatic N) is 1. The average Bonchev–Trinajstić information content (AvgIpc) is 2.60. The zero-order valence-corrected chi connectivity index (χ0v) is 14.2. The Labute approximate surface area is 142 Å². The Morgan fingerprint density at radius 3 is 2.38 bits per heavy atom. The van der Waals surface area contributed by atoms with Crippen molar-refractivity contribution in [1.29, 1.82) is 0 Å². The molecule has 0 fully saturated rings. The van der Waals surface area contributed by atoms with E-state index < -0.39 is 0 Å². The van der Waals surface area contributed by atoms with E-state index in [-0.39, 0.29) is 0 Å². The summed E-state index contributed by atoms with van der Waals surface area (Å²) >= 11 is 0. The first-order valence-electron chi connectivity index (χ1n) is 7.85. The Morgan fingerprint density at radius 1 is 1.04 bits per heavy atom. The fourth-order valence-electron chi connectivity index (χ4n) is 2.26. The maximum absolute atomic E-state index is 8.74. The van der Waals surface area contributed by atoms with E-state index in [2.05, 4.69) is 31.1 Å². The monoisotopic (exact) mass is 329 g/mol. The van der Waals surface area contributed by atoms with E-state index >= 15 is 0 Å². The molecule has 0 radical (unpaired) electrons. The van der Waals surface area contributed by atoms with Gasteiger partial charge in [0.2, 0.25) is 0 Å². The third-order valence-electron chi connectivity index (χ3n) is 3.57. The van der Waals surface area contributed by atoms with E-state index in [1.54, 1.807) is 25.3 Å². The first-order chi connectivity index (χ1) is 11.7. The zero-order chi connectivity index (χ0) is 17.4. The summed E-state index contributed by atoms with van der Waals surface area (Å²) in [4.78, 5) is 0. The van der Waals surface area contributed by atoms with Crippen LogP contribution in [0.4, 0.5) is 0 Å². The maximum Gasteiger partial charge on any atom is 0.170 e.